The van der Waals surface area contributed by atoms with Gasteiger partial charge in [0.2, 0.25) is 0 Å². The highest BCUT2D eigenvalue weighted by Gasteiger charge is 2.55. The minimum atomic E-state index is -0.793. The average molecular weight is 367 g/mol. The first kappa shape index (κ1) is 17.9. The second kappa shape index (κ2) is 6.75. The number of carbonyl (C=O) groups excluding carboxylic acids is 1. The van der Waals surface area contributed by atoms with Gasteiger partial charge in [0.05, 0.1) is 22.2 Å². The molecular formula is C18H23ClN2O4. The molecule has 1 saturated heterocycles. The Morgan fingerprint density at radius 3 is 2.80 bits per heavy atom. The molecule has 7 heteroatoms. The van der Waals surface area contributed by atoms with Gasteiger partial charge in [-0.25, -0.2) is 4.79 Å². The predicted octanol–water partition coefficient (Wildman–Crippen LogP) is 3.85. The second-order valence-corrected chi connectivity index (χ2v) is 7.58. The molecule has 2 atom stereocenters. The molecule has 3 rings (SSSR count). The van der Waals surface area contributed by atoms with E-state index in [1.165, 1.54) is 0 Å². The van der Waals surface area contributed by atoms with Crippen molar-refractivity contribution in [1.82, 2.24) is 4.90 Å². The number of carboxylic acid groups (broad SMARTS) is 1. The summed E-state index contributed by atoms with van der Waals surface area (Å²) in [5.41, 5.74) is -0.292. The lowest BCUT2D eigenvalue weighted by molar-refractivity contribution is -0.149. The molecule has 2 aliphatic rings. The highest BCUT2D eigenvalue weighted by Crippen LogP contribution is 2.49. The number of nitrogens with one attached hydrogen (secondary N) is 1. The van der Waals surface area contributed by atoms with Gasteiger partial charge < -0.3 is 20.1 Å². The van der Waals surface area contributed by atoms with Crippen molar-refractivity contribution >= 4 is 29.3 Å². The molecule has 2 fully saturated rings. The highest BCUT2D eigenvalue weighted by molar-refractivity contribution is 6.33. The van der Waals surface area contributed by atoms with Crippen LogP contribution in [0.25, 0.3) is 0 Å². The minimum absolute atomic E-state index is 0.0349. The summed E-state index contributed by atoms with van der Waals surface area (Å²) in [5, 5.41) is 12.8. The first-order valence-electron chi connectivity index (χ1n) is 8.57. The lowest BCUT2D eigenvalue weighted by Gasteiger charge is -2.23. The average Bonchev–Trinajstić information content (AvgIpc) is 3.07. The Balaban J connectivity index is 1.68. The summed E-state index contributed by atoms with van der Waals surface area (Å²) in [6.07, 6.45) is 2.44. The Hall–Kier alpha value is -1.95. The number of hydrogen-bond acceptors (Lipinski definition) is 3. The maximum atomic E-state index is 12.6. The fourth-order valence-electron chi connectivity index (χ4n) is 3.93. The molecule has 1 saturated carbocycles. The third-order valence-corrected chi connectivity index (χ3v) is 5.45. The van der Waals surface area contributed by atoms with Crippen molar-refractivity contribution in [3.05, 3.63) is 23.2 Å². The smallest absolute Gasteiger partial charge is 0.321 e. The summed E-state index contributed by atoms with van der Waals surface area (Å²) in [6.45, 7) is 4.58. The van der Waals surface area contributed by atoms with Crippen LogP contribution in [0.1, 0.15) is 33.1 Å². The maximum Gasteiger partial charge on any atom is 0.321 e. The van der Waals surface area contributed by atoms with Crippen LogP contribution in [0.4, 0.5) is 10.5 Å². The van der Waals surface area contributed by atoms with Crippen LogP contribution in [0.15, 0.2) is 18.2 Å². The van der Waals surface area contributed by atoms with Crippen molar-refractivity contribution in [1.29, 1.82) is 0 Å². The standard InChI is InChI=1S/C18H23ClN2O4/c1-11(2)25-13-5-6-15(14(19)8-13)20-17(24)21-9-12-4-3-7-18(12,10-21)16(22)23/h5-6,8,11-12H,3-4,7,9-10H2,1-2H3,(H,20,24)(H,22,23)/t12-,18+/m0/s1. The molecule has 0 aromatic heterocycles. The van der Waals surface area contributed by atoms with Crippen LogP contribution >= 0.6 is 11.6 Å². The molecule has 0 radical (unpaired) electrons. The SMILES string of the molecule is CC(C)Oc1ccc(NC(=O)N2C[C@@H]3CCC[C@@]3(C(=O)O)C2)c(Cl)c1. The number of amides is 2. The molecule has 2 N–H and O–H groups in total. The van der Waals surface area contributed by atoms with Gasteiger partial charge >= 0.3 is 12.0 Å². The Labute approximate surface area is 152 Å². The molecule has 0 bridgehead atoms. The number of carbonyl (C=O) groups is 2. The molecule has 1 aliphatic heterocycles. The number of benzene rings is 1. The van der Waals surface area contributed by atoms with Gasteiger partial charge in [0, 0.05) is 19.2 Å². The summed E-state index contributed by atoms with van der Waals surface area (Å²) in [4.78, 5) is 25.9. The fraction of sp³-hybridized carbons (Fsp3) is 0.556. The lowest BCUT2D eigenvalue weighted by atomic mass is 9.81. The monoisotopic (exact) mass is 366 g/mol. The molecule has 25 heavy (non-hydrogen) atoms. The van der Waals surface area contributed by atoms with Gasteiger partial charge in [-0.15, -0.1) is 0 Å². The van der Waals surface area contributed by atoms with E-state index in [1.807, 2.05) is 13.8 Å². The van der Waals surface area contributed by atoms with Gasteiger partial charge in [0.1, 0.15) is 5.75 Å². The third-order valence-electron chi connectivity index (χ3n) is 5.14. The number of carboxylic acids is 1. The van der Waals surface area contributed by atoms with Gasteiger partial charge in [0.25, 0.3) is 0 Å². The number of halogens is 1. The van der Waals surface area contributed by atoms with Crippen LogP contribution in [0.3, 0.4) is 0 Å². The lowest BCUT2D eigenvalue weighted by Crippen LogP contribution is -2.38. The minimum Gasteiger partial charge on any atom is -0.491 e. The normalized spacial score (nSPS) is 25.1. The zero-order chi connectivity index (χ0) is 18.2. The van der Waals surface area contributed by atoms with Crippen LogP contribution in [0.2, 0.25) is 5.02 Å². The fourth-order valence-corrected chi connectivity index (χ4v) is 4.15. The molecule has 1 aromatic carbocycles. The van der Waals surface area contributed by atoms with Gasteiger partial charge in [-0.05, 0) is 44.7 Å². The molecule has 1 heterocycles. The number of rotatable bonds is 4. The predicted molar refractivity (Wildman–Crippen MR) is 95.2 cm³/mol. The highest BCUT2D eigenvalue weighted by atomic mass is 35.5. The molecule has 6 nitrogen and oxygen atoms in total. The quantitative estimate of drug-likeness (QED) is 0.848. The molecule has 0 unspecified atom stereocenters. The van der Waals surface area contributed by atoms with Crippen LogP contribution in [-0.4, -0.2) is 41.2 Å². The number of nitrogens with zero attached hydrogens (tertiary/aromatic N) is 1. The number of urea groups is 1. The van der Waals surface area contributed by atoms with Gasteiger partial charge in [-0.1, -0.05) is 18.0 Å². The zero-order valence-corrected chi connectivity index (χ0v) is 15.2. The molecule has 2 amide bonds. The Bertz CT molecular complexity index is 694. The van der Waals surface area contributed by atoms with E-state index >= 15 is 0 Å². The third kappa shape index (κ3) is 3.40. The number of hydrogen-bond donors (Lipinski definition) is 2. The van der Waals surface area contributed by atoms with E-state index in [9.17, 15) is 14.7 Å². The van der Waals surface area contributed by atoms with Crippen molar-refractivity contribution in [3.8, 4) is 5.75 Å². The van der Waals surface area contributed by atoms with Crippen LogP contribution in [0.5, 0.6) is 5.75 Å². The number of likely N-dealkylation sites (tertiary alicyclic amines) is 1. The van der Waals surface area contributed by atoms with Crippen molar-refractivity contribution < 1.29 is 19.4 Å². The van der Waals surface area contributed by atoms with Crippen molar-refractivity contribution in [3.63, 3.8) is 0 Å². The molecule has 0 spiro atoms. The van der Waals surface area contributed by atoms with Crippen molar-refractivity contribution in [2.24, 2.45) is 11.3 Å². The number of aliphatic carboxylic acids is 1. The van der Waals surface area contributed by atoms with Crippen LogP contribution in [-0.2, 0) is 4.79 Å². The van der Waals surface area contributed by atoms with Gasteiger partial charge in [0.15, 0.2) is 0 Å². The summed E-state index contributed by atoms with van der Waals surface area (Å²) in [5.74, 6) is -0.120. The van der Waals surface area contributed by atoms with E-state index < -0.39 is 11.4 Å². The van der Waals surface area contributed by atoms with Crippen molar-refractivity contribution in [2.75, 3.05) is 18.4 Å². The number of ether oxygens (including phenoxy) is 1. The van der Waals surface area contributed by atoms with Crippen molar-refractivity contribution in [2.45, 2.75) is 39.2 Å². The van der Waals surface area contributed by atoms with E-state index in [4.69, 9.17) is 16.3 Å². The second-order valence-electron chi connectivity index (χ2n) is 7.17. The Morgan fingerprint density at radius 1 is 1.44 bits per heavy atom. The Kier molecular flexibility index (Phi) is 4.82. The number of anilines is 1. The topological polar surface area (TPSA) is 78.9 Å². The summed E-state index contributed by atoms with van der Waals surface area (Å²) in [6, 6.07) is 4.80. The largest absolute Gasteiger partial charge is 0.491 e. The van der Waals surface area contributed by atoms with E-state index in [1.54, 1.807) is 23.1 Å². The van der Waals surface area contributed by atoms with E-state index in [0.717, 1.165) is 12.8 Å². The summed E-state index contributed by atoms with van der Waals surface area (Å²) < 4.78 is 5.57. The van der Waals surface area contributed by atoms with Crippen LogP contribution in [0, 0.1) is 11.3 Å². The summed E-state index contributed by atoms with van der Waals surface area (Å²) >= 11 is 6.23. The zero-order valence-electron chi connectivity index (χ0n) is 14.4. The van der Waals surface area contributed by atoms with Crippen LogP contribution < -0.4 is 10.1 Å². The maximum absolute atomic E-state index is 12.6. The van der Waals surface area contributed by atoms with Gasteiger partial charge in [-0.2, -0.15) is 0 Å². The van der Waals surface area contributed by atoms with Gasteiger partial charge in [-0.3, -0.25) is 4.79 Å². The molecular weight excluding hydrogens is 344 g/mol. The van der Waals surface area contributed by atoms with E-state index in [-0.39, 0.29) is 24.6 Å². The van der Waals surface area contributed by atoms with E-state index in [2.05, 4.69) is 5.32 Å². The first-order chi connectivity index (χ1) is 11.8. The first-order valence-corrected chi connectivity index (χ1v) is 8.95. The molecule has 1 aliphatic carbocycles. The van der Waals surface area contributed by atoms with E-state index in [0.29, 0.717) is 29.4 Å². The summed E-state index contributed by atoms with van der Waals surface area (Å²) in [7, 11) is 0. The molecule has 136 valence electrons. The molecule has 1 aromatic rings. The number of fused-ring (bicyclic) bond motifs is 1. The Morgan fingerprint density at radius 2 is 2.20 bits per heavy atom.